The van der Waals surface area contributed by atoms with Crippen LogP contribution in [0.5, 0.6) is 0 Å². The van der Waals surface area contributed by atoms with Crippen molar-refractivity contribution in [3.05, 3.63) is 68.9 Å². The Labute approximate surface area is 132 Å². The molecule has 20 heavy (non-hydrogen) atoms. The van der Waals surface area contributed by atoms with Crippen LogP contribution in [0.25, 0.3) is 0 Å². The van der Waals surface area contributed by atoms with E-state index in [0.717, 1.165) is 23.6 Å². The van der Waals surface area contributed by atoms with Crippen LogP contribution in [0.2, 0.25) is 5.02 Å². The predicted octanol–water partition coefficient (Wildman–Crippen LogP) is 4.79. The van der Waals surface area contributed by atoms with E-state index in [1.165, 1.54) is 11.6 Å². The Morgan fingerprint density at radius 1 is 1.25 bits per heavy atom. The largest absolute Gasteiger partial charge is 0.319 e. The number of hydrogen-bond acceptors (Lipinski definition) is 1. The molecule has 2 aromatic rings. The van der Waals surface area contributed by atoms with Gasteiger partial charge in [0.05, 0.1) is 4.47 Å². The highest BCUT2D eigenvalue weighted by Crippen LogP contribution is 2.25. The van der Waals surface area contributed by atoms with Gasteiger partial charge in [0.25, 0.3) is 0 Å². The lowest BCUT2D eigenvalue weighted by atomic mass is 9.92. The Morgan fingerprint density at radius 3 is 2.70 bits per heavy atom. The monoisotopic (exact) mass is 355 g/mol. The SMILES string of the molecule is CNCC(Cc1ccc(F)c(Br)c1)c1cccc(Cl)c1. The summed E-state index contributed by atoms with van der Waals surface area (Å²) in [6.07, 6.45) is 0.833. The van der Waals surface area contributed by atoms with Crippen molar-refractivity contribution in [2.45, 2.75) is 12.3 Å². The zero-order valence-electron chi connectivity index (χ0n) is 11.2. The van der Waals surface area contributed by atoms with Crippen molar-refractivity contribution in [2.75, 3.05) is 13.6 Å². The average molecular weight is 357 g/mol. The molecule has 0 aliphatic rings. The van der Waals surface area contributed by atoms with Crippen molar-refractivity contribution in [1.29, 1.82) is 0 Å². The van der Waals surface area contributed by atoms with Crippen molar-refractivity contribution in [3.8, 4) is 0 Å². The molecule has 4 heteroatoms. The molecule has 0 spiro atoms. The van der Waals surface area contributed by atoms with E-state index in [2.05, 4.69) is 27.3 Å². The Kier molecular flexibility index (Phi) is 5.58. The van der Waals surface area contributed by atoms with E-state index < -0.39 is 0 Å². The maximum Gasteiger partial charge on any atom is 0.137 e. The highest BCUT2D eigenvalue weighted by atomic mass is 79.9. The Bertz CT molecular complexity index is 588. The van der Waals surface area contributed by atoms with Gasteiger partial charge in [-0.2, -0.15) is 0 Å². The molecular weight excluding hydrogens is 341 g/mol. The summed E-state index contributed by atoms with van der Waals surface area (Å²) in [6.45, 7) is 0.843. The topological polar surface area (TPSA) is 12.0 Å². The molecule has 0 bridgehead atoms. The van der Waals surface area contributed by atoms with E-state index in [1.54, 1.807) is 0 Å². The van der Waals surface area contributed by atoms with Crippen LogP contribution < -0.4 is 5.32 Å². The number of likely N-dealkylation sites (N-methyl/N-ethyl adjacent to an activating group) is 1. The van der Waals surface area contributed by atoms with Crippen LogP contribution in [0.15, 0.2) is 46.9 Å². The fraction of sp³-hybridized carbons (Fsp3) is 0.250. The molecule has 0 aliphatic carbocycles. The molecule has 0 amide bonds. The molecule has 0 radical (unpaired) electrons. The Morgan fingerprint density at radius 2 is 2.05 bits per heavy atom. The third-order valence-electron chi connectivity index (χ3n) is 3.24. The number of benzene rings is 2. The van der Waals surface area contributed by atoms with E-state index in [-0.39, 0.29) is 5.82 Å². The average Bonchev–Trinajstić information content (AvgIpc) is 2.42. The van der Waals surface area contributed by atoms with Gasteiger partial charge in [-0.25, -0.2) is 4.39 Å². The first-order valence-corrected chi connectivity index (χ1v) is 7.61. The highest BCUT2D eigenvalue weighted by Gasteiger charge is 2.13. The first kappa shape index (κ1) is 15.5. The standard InChI is InChI=1S/C16H16BrClFN/c1-20-10-13(12-3-2-4-14(18)9-12)7-11-5-6-16(19)15(17)8-11/h2-6,8-9,13,20H,7,10H2,1H3. The van der Waals surface area contributed by atoms with Gasteiger partial charge in [-0.3, -0.25) is 0 Å². The Balaban J connectivity index is 2.22. The summed E-state index contributed by atoms with van der Waals surface area (Å²) < 4.78 is 13.8. The quantitative estimate of drug-likeness (QED) is 0.812. The van der Waals surface area contributed by atoms with E-state index in [1.807, 2.05) is 37.4 Å². The molecule has 0 saturated heterocycles. The molecular formula is C16H16BrClFN. The number of halogens is 3. The third kappa shape index (κ3) is 4.05. The fourth-order valence-electron chi connectivity index (χ4n) is 2.27. The summed E-state index contributed by atoms with van der Waals surface area (Å²) in [5.74, 6) is 0.0673. The van der Waals surface area contributed by atoms with Gasteiger partial charge in [0.15, 0.2) is 0 Å². The van der Waals surface area contributed by atoms with Crippen molar-refractivity contribution in [3.63, 3.8) is 0 Å². The lowest BCUT2D eigenvalue weighted by Gasteiger charge is -2.18. The van der Waals surface area contributed by atoms with Gasteiger partial charge in [0.2, 0.25) is 0 Å². The molecule has 2 rings (SSSR count). The van der Waals surface area contributed by atoms with Crippen LogP contribution >= 0.6 is 27.5 Å². The minimum atomic E-state index is -0.235. The van der Waals surface area contributed by atoms with Gasteiger partial charge in [0.1, 0.15) is 5.82 Å². The molecule has 0 aliphatic heterocycles. The molecule has 2 aromatic carbocycles. The molecule has 0 saturated carbocycles. The first-order valence-electron chi connectivity index (χ1n) is 6.44. The van der Waals surface area contributed by atoms with E-state index in [4.69, 9.17) is 11.6 Å². The number of rotatable bonds is 5. The second kappa shape index (κ2) is 7.21. The van der Waals surface area contributed by atoms with Crippen molar-refractivity contribution >= 4 is 27.5 Å². The summed E-state index contributed by atoms with van der Waals surface area (Å²) in [6, 6.07) is 13.1. The van der Waals surface area contributed by atoms with Gasteiger partial charge in [-0.1, -0.05) is 29.8 Å². The summed E-state index contributed by atoms with van der Waals surface area (Å²) >= 11 is 9.29. The zero-order chi connectivity index (χ0) is 14.5. The maximum atomic E-state index is 13.3. The molecule has 1 N–H and O–H groups in total. The minimum Gasteiger partial charge on any atom is -0.319 e. The van der Waals surface area contributed by atoms with Crippen LogP contribution in [-0.2, 0) is 6.42 Å². The molecule has 0 heterocycles. The van der Waals surface area contributed by atoms with Gasteiger partial charge in [-0.15, -0.1) is 0 Å². The van der Waals surface area contributed by atoms with Gasteiger partial charge < -0.3 is 5.32 Å². The van der Waals surface area contributed by atoms with Gasteiger partial charge in [0, 0.05) is 17.5 Å². The van der Waals surface area contributed by atoms with Crippen LogP contribution in [0.4, 0.5) is 4.39 Å². The van der Waals surface area contributed by atoms with Crippen LogP contribution in [0, 0.1) is 5.82 Å². The van der Waals surface area contributed by atoms with Crippen molar-refractivity contribution in [1.82, 2.24) is 5.32 Å². The van der Waals surface area contributed by atoms with E-state index in [0.29, 0.717) is 10.4 Å². The summed E-state index contributed by atoms with van der Waals surface area (Å²) in [5, 5.41) is 3.94. The maximum absolute atomic E-state index is 13.3. The normalized spacial score (nSPS) is 12.4. The molecule has 0 fully saturated rings. The molecule has 1 unspecified atom stereocenters. The van der Waals surface area contributed by atoms with Crippen LogP contribution in [0.1, 0.15) is 17.0 Å². The Hall–Kier alpha value is -0.900. The van der Waals surface area contributed by atoms with Crippen molar-refractivity contribution in [2.24, 2.45) is 0 Å². The van der Waals surface area contributed by atoms with Crippen LogP contribution in [-0.4, -0.2) is 13.6 Å². The third-order valence-corrected chi connectivity index (χ3v) is 4.08. The smallest absolute Gasteiger partial charge is 0.137 e. The summed E-state index contributed by atoms with van der Waals surface area (Å²) in [4.78, 5) is 0. The summed E-state index contributed by atoms with van der Waals surface area (Å²) in [7, 11) is 1.93. The first-order chi connectivity index (χ1) is 9.60. The van der Waals surface area contributed by atoms with Gasteiger partial charge >= 0.3 is 0 Å². The minimum absolute atomic E-state index is 0.235. The molecule has 0 aromatic heterocycles. The summed E-state index contributed by atoms with van der Waals surface area (Å²) in [5.41, 5.74) is 2.28. The lowest BCUT2D eigenvalue weighted by molar-refractivity contribution is 0.611. The predicted molar refractivity (Wildman–Crippen MR) is 85.9 cm³/mol. The molecule has 106 valence electrons. The fourth-order valence-corrected chi connectivity index (χ4v) is 2.89. The number of nitrogens with one attached hydrogen (secondary N) is 1. The zero-order valence-corrected chi connectivity index (χ0v) is 13.5. The van der Waals surface area contributed by atoms with Gasteiger partial charge in [-0.05, 0) is 64.8 Å². The molecule has 1 atom stereocenters. The van der Waals surface area contributed by atoms with Crippen LogP contribution in [0.3, 0.4) is 0 Å². The second-order valence-corrected chi connectivity index (χ2v) is 6.05. The van der Waals surface area contributed by atoms with E-state index in [9.17, 15) is 4.39 Å². The van der Waals surface area contributed by atoms with Crippen molar-refractivity contribution < 1.29 is 4.39 Å². The van der Waals surface area contributed by atoms with E-state index >= 15 is 0 Å². The highest BCUT2D eigenvalue weighted by molar-refractivity contribution is 9.10. The molecule has 1 nitrogen and oxygen atoms in total. The lowest BCUT2D eigenvalue weighted by Crippen LogP contribution is -2.19. The number of hydrogen-bond donors (Lipinski definition) is 1. The second-order valence-electron chi connectivity index (χ2n) is 4.76.